The average Bonchev–Trinajstić information content (AvgIpc) is 3.60. The highest BCUT2D eigenvalue weighted by molar-refractivity contribution is 5.95. The normalized spacial score (nSPS) is 26.0. The van der Waals surface area contributed by atoms with Gasteiger partial charge in [0.2, 0.25) is 0 Å². The molecule has 1 N–H and O–H groups in total. The second kappa shape index (κ2) is 7.83. The molecule has 1 atom stereocenters. The number of aliphatic hydroxyl groups is 1. The first kappa shape index (κ1) is 22.9. The average molecular weight is 473 g/mol. The number of rotatable bonds is 4. The summed E-state index contributed by atoms with van der Waals surface area (Å²) in [6, 6.07) is 12.5. The van der Waals surface area contributed by atoms with Crippen LogP contribution in [0.3, 0.4) is 0 Å². The molecule has 0 saturated heterocycles. The maximum absolute atomic E-state index is 13.4. The molecular formula is C26H26F3NO4. The Morgan fingerprint density at radius 1 is 1.00 bits per heavy atom. The summed E-state index contributed by atoms with van der Waals surface area (Å²) < 4.78 is 45.3. The van der Waals surface area contributed by atoms with E-state index in [1.807, 2.05) is 23.1 Å². The zero-order chi connectivity index (χ0) is 24.3. The molecule has 2 saturated carbocycles. The summed E-state index contributed by atoms with van der Waals surface area (Å²) in [6.45, 7) is 0.701. The van der Waals surface area contributed by atoms with E-state index in [1.165, 1.54) is 12.1 Å². The van der Waals surface area contributed by atoms with Crippen molar-refractivity contribution in [3.63, 3.8) is 0 Å². The lowest BCUT2D eigenvalue weighted by Crippen LogP contribution is -2.46. The maximum atomic E-state index is 13.4. The molecule has 1 amide bonds. The van der Waals surface area contributed by atoms with E-state index in [9.17, 15) is 27.9 Å². The van der Waals surface area contributed by atoms with Crippen LogP contribution in [0.1, 0.15) is 77.3 Å². The maximum Gasteiger partial charge on any atom is 0.421 e. The summed E-state index contributed by atoms with van der Waals surface area (Å²) in [5.41, 5.74) is -2.13. The van der Waals surface area contributed by atoms with E-state index in [2.05, 4.69) is 0 Å². The van der Waals surface area contributed by atoms with Crippen molar-refractivity contribution in [1.29, 1.82) is 0 Å². The predicted octanol–water partition coefficient (Wildman–Crippen LogP) is 5.07. The molecule has 0 radical (unpaired) electrons. The standard InChI is InChI=1S/C26H26F3NO4/c1-24(33,26(27,28)29)17-8-6-16(7-9-17)22(31)30(18-10-11-18)19-12-14-25(15-13-19)21-5-3-2-4-20(21)23(32)34-25/h2-9,18-19,33H,10-15H2,1H3/t19-,24-,25+/m0/s1. The molecule has 1 aliphatic heterocycles. The lowest BCUT2D eigenvalue weighted by molar-refractivity contribution is -0.258. The minimum atomic E-state index is -4.82. The van der Waals surface area contributed by atoms with Crippen molar-refractivity contribution in [2.75, 3.05) is 0 Å². The van der Waals surface area contributed by atoms with Crippen LogP contribution in [-0.4, -0.2) is 40.1 Å². The zero-order valence-corrected chi connectivity index (χ0v) is 18.8. The quantitative estimate of drug-likeness (QED) is 0.630. The van der Waals surface area contributed by atoms with Gasteiger partial charge in [-0.2, -0.15) is 13.2 Å². The van der Waals surface area contributed by atoms with Crippen LogP contribution in [-0.2, 0) is 15.9 Å². The summed E-state index contributed by atoms with van der Waals surface area (Å²) >= 11 is 0. The van der Waals surface area contributed by atoms with Crippen molar-refractivity contribution < 1.29 is 32.6 Å². The molecule has 8 heteroatoms. The van der Waals surface area contributed by atoms with Gasteiger partial charge in [-0.1, -0.05) is 30.3 Å². The predicted molar refractivity (Wildman–Crippen MR) is 117 cm³/mol. The van der Waals surface area contributed by atoms with Gasteiger partial charge in [-0.15, -0.1) is 0 Å². The lowest BCUT2D eigenvalue weighted by Gasteiger charge is -2.41. The van der Waals surface area contributed by atoms with E-state index in [0.717, 1.165) is 30.5 Å². The number of amides is 1. The van der Waals surface area contributed by atoms with E-state index >= 15 is 0 Å². The second-order valence-corrected chi connectivity index (χ2v) is 9.75. The highest BCUT2D eigenvalue weighted by Gasteiger charge is 2.52. The fraction of sp³-hybridized carbons (Fsp3) is 0.462. The van der Waals surface area contributed by atoms with Crippen molar-refractivity contribution in [3.05, 3.63) is 70.8 Å². The Kier molecular flexibility index (Phi) is 5.28. The molecule has 2 aromatic rings. The highest BCUT2D eigenvalue weighted by Crippen LogP contribution is 2.48. The Labute approximate surface area is 195 Å². The number of benzene rings is 2. The van der Waals surface area contributed by atoms with Gasteiger partial charge in [0.05, 0.1) is 5.56 Å². The van der Waals surface area contributed by atoms with E-state index < -0.39 is 17.4 Å². The molecule has 3 aliphatic rings. The van der Waals surface area contributed by atoms with Crippen LogP contribution >= 0.6 is 0 Å². The number of halogens is 3. The number of nitrogens with zero attached hydrogens (tertiary/aromatic N) is 1. The second-order valence-electron chi connectivity index (χ2n) is 9.75. The number of alkyl halides is 3. The Hall–Kier alpha value is -2.87. The third-order valence-corrected chi connectivity index (χ3v) is 7.50. The molecule has 0 unspecified atom stereocenters. The summed E-state index contributed by atoms with van der Waals surface area (Å²) in [4.78, 5) is 27.6. The number of fused-ring (bicyclic) bond motifs is 2. The number of esters is 1. The topological polar surface area (TPSA) is 66.8 Å². The number of hydrogen-bond donors (Lipinski definition) is 1. The van der Waals surface area contributed by atoms with Gasteiger partial charge in [-0.3, -0.25) is 4.79 Å². The zero-order valence-electron chi connectivity index (χ0n) is 18.8. The van der Waals surface area contributed by atoms with E-state index in [4.69, 9.17) is 4.74 Å². The van der Waals surface area contributed by atoms with Gasteiger partial charge in [-0.05, 0) is 69.2 Å². The molecule has 0 bridgehead atoms. The Bertz CT molecular complexity index is 1110. The number of hydrogen-bond acceptors (Lipinski definition) is 4. The SMILES string of the molecule is C[C@](O)(c1ccc(C(=O)N(C2CC2)[C@H]2CC[C@]3(CC2)OC(=O)c2ccccc23)cc1)C(F)(F)F. The van der Waals surface area contributed by atoms with Crippen LogP contribution in [0.15, 0.2) is 48.5 Å². The Morgan fingerprint density at radius 3 is 2.18 bits per heavy atom. The van der Waals surface area contributed by atoms with Gasteiger partial charge in [-0.25, -0.2) is 4.79 Å². The largest absolute Gasteiger partial charge is 0.451 e. The molecular weight excluding hydrogens is 447 g/mol. The van der Waals surface area contributed by atoms with Gasteiger partial charge in [0.15, 0.2) is 5.60 Å². The summed E-state index contributed by atoms with van der Waals surface area (Å²) in [7, 11) is 0. The van der Waals surface area contributed by atoms with Crippen molar-refractivity contribution >= 4 is 11.9 Å². The van der Waals surface area contributed by atoms with Crippen LogP contribution in [0.25, 0.3) is 0 Å². The minimum Gasteiger partial charge on any atom is -0.451 e. The molecule has 180 valence electrons. The molecule has 1 spiro atoms. The van der Waals surface area contributed by atoms with Crippen LogP contribution in [0.2, 0.25) is 0 Å². The summed E-state index contributed by atoms with van der Waals surface area (Å²) in [5, 5.41) is 9.90. The van der Waals surface area contributed by atoms with Crippen molar-refractivity contribution in [3.8, 4) is 0 Å². The molecule has 1 heterocycles. The summed E-state index contributed by atoms with van der Waals surface area (Å²) in [6.07, 6.45) is -0.457. The molecule has 5 nitrogen and oxygen atoms in total. The third kappa shape index (κ3) is 3.68. The monoisotopic (exact) mass is 473 g/mol. The van der Waals surface area contributed by atoms with Crippen LogP contribution in [0.4, 0.5) is 13.2 Å². The highest BCUT2D eigenvalue weighted by atomic mass is 19.4. The van der Waals surface area contributed by atoms with Crippen LogP contribution in [0.5, 0.6) is 0 Å². The number of carbonyl (C=O) groups is 2. The van der Waals surface area contributed by atoms with Crippen molar-refractivity contribution in [1.82, 2.24) is 4.90 Å². The minimum absolute atomic E-state index is 0.0324. The van der Waals surface area contributed by atoms with Gasteiger partial charge in [0.1, 0.15) is 5.60 Å². The summed E-state index contributed by atoms with van der Waals surface area (Å²) in [5.74, 6) is -0.524. The Morgan fingerprint density at radius 2 is 1.59 bits per heavy atom. The van der Waals surface area contributed by atoms with Crippen molar-refractivity contribution in [2.24, 2.45) is 0 Å². The van der Waals surface area contributed by atoms with Crippen molar-refractivity contribution in [2.45, 2.75) is 74.9 Å². The van der Waals surface area contributed by atoms with E-state index in [0.29, 0.717) is 43.7 Å². The first-order chi connectivity index (χ1) is 16.0. The van der Waals surface area contributed by atoms with E-state index in [-0.39, 0.29) is 29.5 Å². The number of carbonyl (C=O) groups excluding carboxylic acids is 2. The van der Waals surface area contributed by atoms with Gasteiger partial charge in [0, 0.05) is 23.2 Å². The van der Waals surface area contributed by atoms with Gasteiger partial charge < -0.3 is 14.7 Å². The fourth-order valence-electron chi connectivity index (χ4n) is 5.30. The van der Waals surface area contributed by atoms with Gasteiger partial charge in [0.25, 0.3) is 5.91 Å². The van der Waals surface area contributed by atoms with E-state index in [1.54, 1.807) is 6.07 Å². The van der Waals surface area contributed by atoms with Gasteiger partial charge >= 0.3 is 12.1 Å². The number of ether oxygens (including phenoxy) is 1. The molecule has 2 aromatic carbocycles. The first-order valence-electron chi connectivity index (χ1n) is 11.6. The molecule has 5 rings (SSSR count). The fourth-order valence-corrected chi connectivity index (χ4v) is 5.30. The Balaban J connectivity index is 1.33. The van der Waals surface area contributed by atoms with Crippen LogP contribution < -0.4 is 0 Å². The molecule has 2 fully saturated rings. The third-order valence-electron chi connectivity index (χ3n) is 7.50. The van der Waals surface area contributed by atoms with Crippen LogP contribution in [0, 0.1) is 0 Å². The molecule has 0 aromatic heterocycles. The first-order valence-corrected chi connectivity index (χ1v) is 11.6. The molecule has 2 aliphatic carbocycles. The lowest BCUT2D eigenvalue weighted by atomic mass is 9.77. The smallest absolute Gasteiger partial charge is 0.421 e. The molecule has 34 heavy (non-hydrogen) atoms.